The van der Waals surface area contributed by atoms with Gasteiger partial charge in [-0.2, -0.15) is 0 Å². The molecule has 1 N–H and O–H groups in total. The molecule has 0 radical (unpaired) electrons. The van der Waals surface area contributed by atoms with Gasteiger partial charge in [-0.1, -0.05) is 64.5 Å². The van der Waals surface area contributed by atoms with Crippen molar-refractivity contribution in [3.63, 3.8) is 0 Å². The van der Waals surface area contributed by atoms with Crippen LogP contribution in [0.4, 0.5) is 0 Å². The lowest BCUT2D eigenvalue weighted by Gasteiger charge is -2.18. The maximum Gasteiger partial charge on any atom is 0.157 e. The molecule has 0 fully saturated rings. The molecule has 0 aliphatic rings. The van der Waals surface area contributed by atoms with Gasteiger partial charge in [-0.25, -0.2) is 0 Å². The van der Waals surface area contributed by atoms with E-state index in [0.717, 1.165) is 58.2 Å². The van der Waals surface area contributed by atoms with E-state index in [1.54, 1.807) is 0 Å². The Labute approximate surface area is 150 Å². The summed E-state index contributed by atoms with van der Waals surface area (Å²) in [4.78, 5) is 0. The van der Waals surface area contributed by atoms with Crippen molar-refractivity contribution in [3.8, 4) is 0 Å². The number of hydrogen-bond acceptors (Lipinski definition) is 3. The number of rotatable bonds is 19. The van der Waals surface area contributed by atoms with E-state index < -0.39 is 0 Å². The Morgan fingerprint density at radius 1 is 0.708 bits per heavy atom. The second kappa shape index (κ2) is 20.7. The van der Waals surface area contributed by atoms with Crippen molar-refractivity contribution in [2.75, 3.05) is 19.8 Å². The fourth-order valence-electron chi connectivity index (χ4n) is 2.59. The summed E-state index contributed by atoms with van der Waals surface area (Å²) in [6.45, 7) is 6.37. The van der Waals surface area contributed by atoms with Crippen LogP contribution in [0.1, 0.15) is 97.3 Å². The third-order valence-electron chi connectivity index (χ3n) is 4.13. The van der Waals surface area contributed by atoms with Crippen LogP contribution >= 0.6 is 0 Å². The number of ether oxygens (including phenoxy) is 2. The Hall–Kier alpha value is -0.380. The molecule has 0 amide bonds. The standard InChI is InChI=1S/C21H42O3/c1-3-5-7-15-19-23-21(24-20-16-8-6-4-2)17-13-11-9-10-12-14-18-22/h10,12,21-22H,3-9,11,13-20H2,1-2H3/b12-10+. The molecule has 3 nitrogen and oxygen atoms in total. The molecule has 0 saturated carbocycles. The van der Waals surface area contributed by atoms with Gasteiger partial charge >= 0.3 is 0 Å². The molecule has 0 aromatic rings. The summed E-state index contributed by atoms with van der Waals surface area (Å²) >= 11 is 0. The van der Waals surface area contributed by atoms with E-state index in [-0.39, 0.29) is 12.9 Å². The minimum Gasteiger partial charge on any atom is -0.396 e. The highest BCUT2D eigenvalue weighted by Gasteiger charge is 2.09. The molecular formula is C21H42O3. The van der Waals surface area contributed by atoms with Crippen molar-refractivity contribution in [1.29, 1.82) is 0 Å². The Morgan fingerprint density at radius 3 is 1.83 bits per heavy atom. The van der Waals surface area contributed by atoms with Crippen LogP contribution in [0.25, 0.3) is 0 Å². The predicted molar refractivity (Wildman–Crippen MR) is 103 cm³/mol. The molecule has 0 aliphatic carbocycles. The predicted octanol–water partition coefficient (Wildman–Crippen LogP) is 6.01. The van der Waals surface area contributed by atoms with Gasteiger partial charge in [0, 0.05) is 19.8 Å². The van der Waals surface area contributed by atoms with Crippen LogP contribution in [0, 0.1) is 0 Å². The molecule has 0 aromatic heterocycles. The van der Waals surface area contributed by atoms with E-state index in [4.69, 9.17) is 14.6 Å². The molecule has 0 aliphatic heterocycles. The average molecular weight is 343 g/mol. The number of aliphatic hydroxyl groups excluding tert-OH is 1. The zero-order chi connectivity index (χ0) is 17.7. The van der Waals surface area contributed by atoms with Crippen molar-refractivity contribution >= 4 is 0 Å². The average Bonchev–Trinajstić information content (AvgIpc) is 2.59. The Balaban J connectivity index is 3.80. The van der Waals surface area contributed by atoms with Crippen molar-refractivity contribution < 1.29 is 14.6 Å². The lowest BCUT2D eigenvalue weighted by Crippen LogP contribution is -2.19. The molecule has 0 saturated heterocycles. The summed E-state index contributed by atoms with van der Waals surface area (Å²) in [7, 11) is 0. The highest BCUT2D eigenvalue weighted by atomic mass is 16.7. The van der Waals surface area contributed by atoms with E-state index in [1.165, 1.54) is 38.5 Å². The number of hydrogen-bond donors (Lipinski definition) is 1. The van der Waals surface area contributed by atoms with Crippen LogP contribution in [0.15, 0.2) is 12.2 Å². The third kappa shape index (κ3) is 18.0. The van der Waals surface area contributed by atoms with Crippen molar-refractivity contribution in [2.24, 2.45) is 0 Å². The first-order valence-corrected chi connectivity index (χ1v) is 10.3. The molecule has 0 spiro atoms. The van der Waals surface area contributed by atoms with E-state index in [0.29, 0.717) is 0 Å². The highest BCUT2D eigenvalue weighted by Crippen LogP contribution is 2.12. The lowest BCUT2D eigenvalue weighted by molar-refractivity contribution is -0.148. The van der Waals surface area contributed by atoms with Crippen molar-refractivity contribution in [2.45, 2.75) is 104 Å². The molecular weight excluding hydrogens is 300 g/mol. The summed E-state index contributed by atoms with van der Waals surface area (Å²) in [5.74, 6) is 0. The van der Waals surface area contributed by atoms with Crippen molar-refractivity contribution in [1.82, 2.24) is 0 Å². The van der Waals surface area contributed by atoms with E-state index in [9.17, 15) is 0 Å². The number of unbranched alkanes of at least 4 members (excludes halogenated alkanes) is 8. The maximum atomic E-state index is 8.73. The van der Waals surface area contributed by atoms with Gasteiger partial charge in [0.25, 0.3) is 0 Å². The molecule has 24 heavy (non-hydrogen) atoms. The first kappa shape index (κ1) is 23.6. The van der Waals surface area contributed by atoms with Crippen molar-refractivity contribution in [3.05, 3.63) is 12.2 Å². The second-order valence-corrected chi connectivity index (χ2v) is 6.56. The van der Waals surface area contributed by atoms with Crippen LogP contribution in [-0.2, 0) is 9.47 Å². The fourth-order valence-corrected chi connectivity index (χ4v) is 2.59. The van der Waals surface area contributed by atoms with Crippen LogP contribution < -0.4 is 0 Å². The first-order chi connectivity index (χ1) is 11.8. The fraction of sp³-hybridized carbons (Fsp3) is 0.905. The summed E-state index contributed by atoms with van der Waals surface area (Å²) in [5.41, 5.74) is 0. The van der Waals surface area contributed by atoms with Gasteiger partial charge in [-0.15, -0.1) is 0 Å². The summed E-state index contributed by atoms with van der Waals surface area (Å²) in [6.07, 6.45) is 19.3. The molecule has 0 atom stereocenters. The van der Waals surface area contributed by atoms with Gasteiger partial charge in [0.15, 0.2) is 6.29 Å². The molecule has 144 valence electrons. The minimum absolute atomic E-state index is 0.0188. The molecule has 0 unspecified atom stereocenters. The van der Waals surface area contributed by atoms with Gasteiger partial charge in [0.1, 0.15) is 0 Å². The van der Waals surface area contributed by atoms with Gasteiger partial charge in [0.05, 0.1) is 0 Å². The molecule has 0 rings (SSSR count). The number of allylic oxidation sites excluding steroid dienone is 1. The topological polar surface area (TPSA) is 38.7 Å². The molecule has 0 bridgehead atoms. The van der Waals surface area contributed by atoms with Gasteiger partial charge < -0.3 is 14.6 Å². The lowest BCUT2D eigenvalue weighted by atomic mass is 10.1. The SMILES string of the molecule is CCCCCCOC(CCCC/C=C/CCO)OCCCCCC. The first-order valence-electron chi connectivity index (χ1n) is 10.3. The maximum absolute atomic E-state index is 8.73. The zero-order valence-electron chi connectivity index (χ0n) is 16.3. The minimum atomic E-state index is -0.0188. The highest BCUT2D eigenvalue weighted by molar-refractivity contribution is 4.80. The van der Waals surface area contributed by atoms with E-state index in [2.05, 4.69) is 26.0 Å². The monoisotopic (exact) mass is 342 g/mol. The molecule has 0 aromatic carbocycles. The van der Waals surface area contributed by atoms with Gasteiger partial charge in [-0.3, -0.25) is 0 Å². The Kier molecular flexibility index (Phi) is 20.3. The van der Waals surface area contributed by atoms with Crippen LogP contribution in [0.5, 0.6) is 0 Å². The largest absolute Gasteiger partial charge is 0.396 e. The summed E-state index contributed by atoms with van der Waals surface area (Å²) in [6, 6.07) is 0. The van der Waals surface area contributed by atoms with Gasteiger partial charge in [-0.05, 0) is 44.9 Å². The Morgan fingerprint density at radius 2 is 1.29 bits per heavy atom. The van der Waals surface area contributed by atoms with Crippen LogP contribution in [-0.4, -0.2) is 31.2 Å². The normalized spacial score (nSPS) is 11.8. The van der Waals surface area contributed by atoms with E-state index >= 15 is 0 Å². The second-order valence-electron chi connectivity index (χ2n) is 6.56. The van der Waals surface area contributed by atoms with Gasteiger partial charge in [0.2, 0.25) is 0 Å². The zero-order valence-corrected chi connectivity index (χ0v) is 16.3. The third-order valence-corrected chi connectivity index (χ3v) is 4.13. The van der Waals surface area contributed by atoms with Crippen LogP contribution in [0.3, 0.4) is 0 Å². The summed E-state index contributed by atoms with van der Waals surface area (Å²) < 4.78 is 11.9. The molecule has 3 heteroatoms. The smallest absolute Gasteiger partial charge is 0.157 e. The quantitative estimate of drug-likeness (QED) is 0.178. The van der Waals surface area contributed by atoms with E-state index in [1.807, 2.05) is 0 Å². The van der Waals surface area contributed by atoms with Crippen LogP contribution in [0.2, 0.25) is 0 Å². The summed E-state index contributed by atoms with van der Waals surface area (Å²) in [5, 5.41) is 8.73. The Bertz CT molecular complexity index is 239. The molecule has 0 heterocycles. The number of aliphatic hydroxyl groups is 1.